The fraction of sp³-hybridized carbons (Fsp3) is 0.632. The van der Waals surface area contributed by atoms with Gasteiger partial charge in [-0.2, -0.15) is 0 Å². The van der Waals surface area contributed by atoms with Gasteiger partial charge in [0, 0.05) is 61.8 Å². The summed E-state index contributed by atoms with van der Waals surface area (Å²) in [5.41, 5.74) is 18.6. The molecule has 3 aromatic rings. The van der Waals surface area contributed by atoms with Gasteiger partial charge in [-0.15, -0.1) is 0 Å². The first-order valence-electron chi connectivity index (χ1n) is 44.3. The number of aliphatic carboxylic acids is 1. The second kappa shape index (κ2) is 54.4. The van der Waals surface area contributed by atoms with E-state index >= 15 is 19.2 Å². The Morgan fingerprint density at radius 2 is 1.06 bits per heavy atom. The van der Waals surface area contributed by atoms with E-state index in [1.807, 2.05) is 0 Å². The summed E-state index contributed by atoms with van der Waals surface area (Å²) < 4.78 is 0. The fourth-order valence-corrected chi connectivity index (χ4v) is 14.4. The van der Waals surface area contributed by atoms with Gasteiger partial charge < -0.3 is 117 Å². The van der Waals surface area contributed by atoms with Crippen LogP contribution in [0.3, 0.4) is 0 Å². The summed E-state index contributed by atoms with van der Waals surface area (Å²) in [4.78, 5) is 259. The number of benzene rings is 2. The number of carboxylic acid groups (broad SMARTS) is 1. The van der Waals surface area contributed by atoms with Gasteiger partial charge in [-0.1, -0.05) is 110 Å². The molecule has 0 bridgehead atoms. The number of fused-ring (bicyclic) bond motifs is 1. The molecule has 2 saturated heterocycles. The lowest BCUT2D eigenvalue weighted by Gasteiger charge is -2.31. The van der Waals surface area contributed by atoms with E-state index in [-0.39, 0.29) is 109 Å². The number of carboxylic acids is 1. The number of aliphatic hydroxyl groups is 1. The van der Waals surface area contributed by atoms with Crippen molar-refractivity contribution in [2.24, 2.45) is 40.9 Å². The average molecular weight is 1780 g/mol. The average Bonchev–Trinajstić information content (AvgIpc) is 1.60. The van der Waals surface area contributed by atoms with Crippen LogP contribution in [-0.2, 0) is 99.1 Å². The molecule has 18 atom stereocenters. The van der Waals surface area contributed by atoms with Crippen LogP contribution < -0.4 is 102 Å². The molecule has 2 aromatic carbocycles. The predicted molar refractivity (Wildman–Crippen MR) is 469 cm³/mol. The van der Waals surface area contributed by atoms with Crippen LogP contribution in [0.2, 0.25) is 0 Å². The zero-order valence-electron chi connectivity index (χ0n) is 74.6. The number of hydrogen-bond acceptors (Lipinski definition) is 21. The monoisotopic (exact) mass is 1780 g/mol. The van der Waals surface area contributed by atoms with Gasteiger partial charge in [0.2, 0.25) is 100 Å². The highest BCUT2D eigenvalue weighted by Gasteiger charge is 2.41. The zero-order valence-corrected chi connectivity index (χ0v) is 74.6. The van der Waals surface area contributed by atoms with Gasteiger partial charge in [0.1, 0.15) is 84.6 Å². The molecule has 0 aliphatic carbocycles. The topological polar surface area (TPSA) is 634 Å². The van der Waals surface area contributed by atoms with E-state index in [4.69, 9.17) is 17.2 Å². The molecular weight excluding hydrogens is 1650 g/mol. The molecule has 127 heavy (non-hydrogen) atoms. The molecule has 17 amide bonds. The first-order chi connectivity index (χ1) is 60.3. The Kier molecular flexibility index (Phi) is 45.3. The van der Waals surface area contributed by atoms with E-state index in [1.54, 1.807) is 109 Å². The van der Waals surface area contributed by atoms with Crippen LogP contribution in [0.15, 0.2) is 60.8 Å². The maximum Gasteiger partial charge on any atom is 0.305 e. The van der Waals surface area contributed by atoms with Crippen LogP contribution in [0.5, 0.6) is 0 Å². The molecule has 40 heteroatoms. The van der Waals surface area contributed by atoms with Crippen molar-refractivity contribution in [1.82, 2.24) is 90.1 Å². The maximum atomic E-state index is 15.4. The number of hydrogen-bond donors (Lipinski definition) is 22. The van der Waals surface area contributed by atoms with Gasteiger partial charge in [0.15, 0.2) is 0 Å². The molecule has 704 valence electrons. The second-order valence-corrected chi connectivity index (χ2v) is 33.6. The number of H-pyrrole nitrogens is 1. The third-order valence-corrected chi connectivity index (χ3v) is 22.6. The van der Waals surface area contributed by atoms with Gasteiger partial charge >= 0.3 is 5.97 Å². The minimum absolute atomic E-state index is 0.0332. The van der Waals surface area contributed by atoms with Gasteiger partial charge in [-0.05, 0) is 165 Å². The highest BCUT2D eigenvalue weighted by Crippen LogP contribution is 2.22. The Morgan fingerprint density at radius 3 is 1.65 bits per heavy atom. The number of carbonyl (C=O) groups is 18. The van der Waals surface area contributed by atoms with Crippen LogP contribution in [0.25, 0.3) is 10.9 Å². The molecule has 2 aliphatic heterocycles. The van der Waals surface area contributed by atoms with E-state index in [1.165, 1.54) is 20.8 Å². The minimum atomic E-state index is -1.99. The van der Waals surface area contributed by atoms with Crippen LogP contribution in [-0.4, -0.2) is 238 Å². The van der Waals surface area contributed by atoms with Crippen LogP contribution >= 0.6 is 0 Å². The number of nitrogens with one attached hydrogen (secondary N) is 17. The highest BCUT2D eigenvalue weighted by molar-refractivity contribution is 6.02. The summed E-state index contributed by atoms with van der Waals surface area (Å²) in [7, 11) is 0. The summed E-state index contributed by atoms with van der Waals surface area (Å²) in [5.74, 6) is -18.8. The lowest BCUT2D eigenvalue weighted by atomic mass is 9.95. The Balaban J connectivity index is 1.51. The summed E-state index contributed by atoms with van der Waals surface area (Å²) >= 11 is 0. The molecule has 0 radical (unpaired) electrons. The minimum Gasteiger partial charge on any atom is -0.481 e. The number of primary amides is 1. The number of aliphatic hydroxyl groups excluding tert-OH is 1. The quantitative estimate of drug-likeness (QED) is 0.0297. The lowest BCUT2D eigenvalue weighted by molar-refractivity contribution is -0.141. The van der Waals surface area contributed by atoms with Crippen LogP contribution in [0, 0.1) is 23.7 Å². The number of amides is 17. The first kappa shape index (κ1) is 106. The normalized spacial score (nSPS) is 23.2. The van der Waals surface area contributed by atoms with Crippen molar-refractivity contribution in [2.45, 2.75) is 301 Å². The largest absolute Gasteiger partial charge is 0.481 e. The number of carbonyl (C=O) groups excluding carboxylic acids is 17. The SMILES string of the molecule is CC[C@H](C)[C@H](NC(=O)[C@H](Cc1ccccc1)NC(=O)[C@H](CC(=O)O)NC(=O)[C@@H]1CCCCNC(=O)CC[C@H](C)C(=O)N[C@@H](CCCCN)C(=O)N[C@@H](C)C(=O)N[C@@H](C)C(=O)N1)C(=O)N[C@H]1CCC(=O)NCCCC[C@@H](C(=O)N[C@H](C(=O)N[C@@H](CCCCN)C(N)=O)[C@@H](C)O)NC(=O)[C@H]([C@@H](C)CC)NC(=O)[C@H](CC(C)C)NC(=O)[C@H](Cc2c[nH]c3ccccc23)NC1=O. The number of aromatic amines is 1. The Labute approximate surface area is 740 Å². The number of aromatic nitrogens is 1. The van der Waals surface area contributed by atoms with E-state index in [0.717, 1.165) is 0 Å². The molecule has 0 unspecified atom stereocenters. The summed E-state index contributed by atoms with van der Waals surface area (Å²) in [6, 6.07) is -5.74. The third kappa shape index (κ3) is 35.9. The number of rotatable bonds is 34. The third-order valence-electron chi connectivity index (χ3n) is 22.6. The van der Waals surface area contributed by atoms with E-state index in [0.29, 0.717) is 67.2 Å². The molecule has 3 heterocycles. The summed E-state index contributed by atoms with van der Waals surface area (Å²) in [5, 5.41) is 64.2. The molecule has 0 saturated carbocycles. The van der Waals surface area contributed by atoms with E-state index in [2.05, 4.69) is 90.1 Å². The summed E-state index contributed by atoms with van der Waals surface area (Å²) in [6.07, 6.45) is 0.268. The van der Waals surface area contributed by atoms with Crippen molar-refractivity contribution in [3.63, 3.8) is 0 Å². The van der Waals surface area contributed by atoms with Crippen molar-refractivity contribution in [3.8, 4) is 0 Å². The van der Waals surface area contributed by atoms with Crippen molar-refractivity contribution in [1.29, 1.82) is 0 Å². The van der Waals surface area contributed by atoms with Gasteiger partial charge in [0.05, 0.1) is 12.5 Å². The highest BCUT2D eigenvalue weighted by atomic mass is 16.4. The Morgan fingerprint density at radius 1 is 0.512 bits per heavy atom. The molecule has 2 aliphatic rings. The molecular formula is C87H136N20O20. The lowest BCUT2D eigenvalue weighted by Crippen LogP contribution is -2.62. The maximum absolute atomic E-state index is 15.4. The molecule has 25 N–H and O–H groups in total. The van der Waals surface area contributed by atoms with Crippen LogP contribution in [0.1, 0.15) is 209 Å². The van der Waals surface area contributed by atoms with E-state index < -0.39 is 234 Å². The second-order valence-electron chi connectivity index (χ2n) is 33.6. The zero-order chi connectivity index (χ0) is 94.1. The standard InChI is InChI=1S/C87H136N20O20/c1-11-48(5)70-85(125)99-61(80(120)107-72(53(10)108)87(127)96-58(73(90)113)30-18-22-38-88)33-21-25-41-92-68(110)37-35-62(79(119)103-65(44-55-46-93-57-29-17-16-28-56(55)57)81(121)101-63(42-47(3)4)83(123)105-70)100-86(126)71(49(6)12-2)106-84(124)64(43-54-26-14-13-15-27-54)102-82(122)66(45-69(111)112)104-78(118)60-32-20-24-40-91-67(109)36-34-50(7)74(114)97-59(31-19-23-39-89)77(117)95-51(8)75(115)94-52(9)76(116)98-60/h13-17,26-29,46-53,58-66,70-72,93,108H,11-12,18-25,30-45,88-89H2,1-10H3,(H2,90,113)(H,91,109)(H,92,110)(H,94,115)(H,95,117)(H,96,127)(H,97,114)(H,98,116)(H,99,125)(H,100,126)(H,101,121)(H,102,122)(H,103,119)(H,104,118)(H,105,123)(H,106,124)(H,107,120)(H,111,112)/t48-,49-,50-,51-,52-,53+,58-,59-,60-,61-,62-,63-,64-,65-,66-,70-,71-,72-/m0/s1. The Hall–Kier alpha value is -11.7. The number of unbranched alkanes of at least 4 members (excludes halogenated alkanes) is 2. The van der Waals surface area contributed by atoms with Crippen molar-refractivity contribution in [3.05, 3.63) is 71.9 Å². The number of nitrogens with two attached hydrogens (primary N) is 3. The van der Waals surface area contributed by atoms with Gasteiger partial charge in [0.25, 0.3) is 0 Å². The van der Waals surface area contributed by atoms with Crippen molar-refractivity contribution in [2.75, 3.05) is 26.2 Å². The van der Waals surface area contributed by atoms with Gasteiger partial charge in [-0.25, -0.2) is 0 Å². The van der Waals surface area contributed by atoms with E-state index in [9.17, 15) is 77.3 Å². The molecule has 2 fully saturated rings. The molecule has 5 rings (SSSR count). The molecule has 1 aromatic heterocycles. The van der Waals surface area contributed by atoms with Gasteiger partial charge in [-0.3, -0.25) is 86.3 Å². The molecule has 0 spiro atoms. The number of para-hydroxylation sites is 1. The molecule has 40 nitrogen and oxygen atoms in total. The fourth-order valence-electron chi connectivity index (χ4n) is 14.4. The first-order valence-corrected chi connectivity index (χ1v) is 44.3. The predicted octanol–water partition coefficient (Wildman–Crippen LogP) is -1.69. The van der Waals surface area contributed by atoms with Crippen molar-refractivity contribution < 1.29 is 96.5 Å². The smallest absolute Gasteiger partial charge is 0.305 e. The summed E-state index contributed by atoms with van der Waals surface area (Å²) in [6.45, 7) is 16.3. The van der Waals surface area contributed by atoms with Crippen LogP contribution in [0.4, 0.5) is 0 Å². The Bertz CT molecular complexity index is 4220. The van der Waals surface area contributed by atoms with Crippen molar-refractivity contribution >= 4 is 117 Å².